The van der Waals surface area contributed by atoms with Crippen molar-refractivity contribution in [2.75, 3.05) is 32.4 Å². The van der Waals surface area contributed by atoms with E-state index in [1.807, 2.05) is 6.26 Å². The van der Waals surface area contributed by atoms with Crippen LogP contribution in [0.5, 0.6) is 0 Å². The molecule has 0 aromatic rings. The fourth-order valence-corrected chi connectivity index (χ4v) is 2.97. The van der Waals surface area contributed by atoms with Gasteiger partial charge in [0.2, 0.25) is 0 Å². The van der Waals surface area contributed by atoms with Crippen LogP contribution in [0.2, 0.25) is 0 Å². The van der Waals surface area contributed by atoms with Gasteiger partial charge >= 0.3 is 0 Å². The van der Waals surface area contributed by atoms with Crippen molar-refractivity contribution < 1.29 is 4.21 Å². The fourth-order valence-electron chi connectivity index (χ4n) is 2.54. The molecule has 0 saturated carbocycles. The third kappa shape index (κ3) is 6.30. The summed E-state index contributed by atoms with van der Waals surface area (Å²) in [5.74, 6) is 0.754. The van der Waals surface area contributed by atoms with Crippen molar-refractivity contribution in [2.45, 2.75) is 51.3 Å². The van der Waals surface area contributed by atoms with E-state index in [-0.39, 0.29) is 0 Å². The average molecular weight is 274 g/mol. The van der Waals surface area contributed by atoms with Crippen LogP contribution in [0.25, 0.3) is 0 Å². The van der Waals surface area contributed by atoms with Gasteiger partial charge in [-0.3, -0.25) is 4.21 Å². The maximum atomic E-state index is 11.4. The van der Waals surface area contributed by atoms with E-state index in [4.69, 9.17) is 0 Å². The molecule has 108 valence electrons. The summed E-state index contributed by atoms with van der Waals surface area (Å²) in [4.78, 5) is 2.55. The van der Waals surface area contributed by atoms with Crippen molar-refractivity contribution >= 4 is 10.8 Å². The van der Waals surface area contributed by atoms with Gasteiger partial charge in [-0.1, -0.05) is 20.8 Å². The Morgan fingerprint density at radius 2 is 2.11 bits per heavy atom. The van der Waals surface area contributed by atoms with E-state index in [0.717, 1.165) is 32.0 Å². The van der Waals surface area contributed by atoms with Gasteiger partial charge in [-0.2, -0.15) is 0 Å². The highest BCUT2D eigenvalue weighted by molar-refractivity contribution is 7.84. The molecule has 3 atom stereocenters. The Bertz CT molecular complexity index is 258. The van der Waals surface area contributed by atoms with Gasteiger partial charge in [0.15, 0.2) is 0 Å². The predicted octanol–water partition coefficient (Wildman–Crippen LogP) is 1.85. The zero-order valence-corrected chi connectivity index (χ0v) is 13.3. The minimum Gasteiger partial charge on any atom is -0.313 e. The van der Waals surface area contributed by atoms with Crippen LogP contribution in [-0.2, 0) is 10.8 Å². The molecule has 1 aliphatic rings. The van der Waals surface area contributed by atoms with Crippen LogP contribution in [0.3, 0.4) is 0 Å². The number of hydrogen-bond donors (Lipinski definition) is 1. The first-order valence-corrected chi connectivity index (χ1v) is 8.89. The van der Waals surface area contributed by atoms with Gasteiger partial charge in [0.1, 0.15) is 0 Å². The Hall–Kier alpha value is 0.0700. The van der Waals surface area contributed by atoms with Gasteiger partial charge in [0.05, 0.1) is 0 Å². The van der Waals surface area contributed by atoms with Crippen LogP contribution in [-0.4, -0.2) is 52.8 Å². The predicted molar refractivity (Wildman–Crippen MR) is 80.4 cm³/mol. The first-order chi connectivity index (χ1) is 8.49. The third-order valence-electron chi connectivity index (χ3n) is 3.74. The van der Waals surface area contributed by atoms with Gasteiger partial charge in [-0.15, -0.1) is 0 Å². The first kappa shape index (κ1) is 16.1. The largest absolute Gasteiger partial charge is 0.313 e. The second-order valence-electron chi connectivity index (χ2n) is 6.03. The van der Waals surface area contributed by atoms with Gasteiger partial charge in [-0.05, 0) is 44.8 Å². The molecule has 4 heteroatoms. The van der Waals surface area contributed by atoms with E-state index in [1.54, 1.807) is 0 Å². The molecular formula is C14H30N2OS. The molecule has 0 spiro atoms. The summed E-state index contributed by atoms with van der Waals surface area (Å²) in [5.41, 5.74) is 0. The molecule has 1 heterocycles. The summed E-state index contributed by atoms with van der Waals surface area (Å²) in [7, 11) is -0.679. The zero-order valence-electron chi connectivity index (χ0n) is 12.4. The smallest absolute Gasteiger partial charge is 0.0329 e. The molecule has 3 nitrogen and oxygen atoms in total. The van der Waals surface area contributed by atoms with Crippen LogP contribution in [0.1, 0.15) is 40.0 Å². The monoisotopic (exact) mass is 274 g/mol. The molecule has 0 amide bonds. The van der Waals surface area contributed by atoms with Gasteiger partial charge in [-0.25, -0.2) is 0 Å². The fraction of sp³-hybridized carbons (Fsp3) is 1.00. The molecule has 0 aromatic heterocycles. The van der Waals surface area contributed by atoms with E-state index in [0.29, 0.717) is 11.3 Å². The molecule has 1 fully saturated rings. The molecule has 0 aliphatic carbocycles. The lowest BCUT2D eigenvalue weighted by molar-refractivity contribution is 0.252. The lowest BCUT2D eigenvalue weighted by Gasteiger charge is -2.26. The first-order valence-electron chi connectivity index (χ1n) is 7.27. The van der Waals surface area contributed by atoms with Crippen LogP contribution >= 0.6 is 0 Å². The summed E-state index contributed by atoms with van der Waals surface area (Å²) < 4.78 is 11.4. The van der Waals surface area contributed by atoms with Crippen molar-refractivity contribution in [3.8, 4) is 0 Å². The Balaban J connectivity index is 2.36. The van der Waals surface area contributed by atoms with Crippen molar-refractivity contribution in [3.05, 3.63) is 0 Å². The van der Waals surface area contributed by atoms with E-state index < -0.39 is 10.8 Å². The minimum atomic E-state index is -0.679. The number of hydrogen-bond acceptors (Lipinski definition) is 3. The zero-order chi connectivity index (χ0) is 13.5. The third-order valence-corrected chi connectivity index (χ3v) is 5.11. The van der Waals surface area contributed by atoms with Gasteiger partial charge in [0.25, 0.3) is 0 Å². The number of nitrogens with zero attached hydrogens (tertiary/aromatic N) is 1. The summed E-state index contributed by atoms with van der Waals surface area (Å²) in [6.07, 6.45) is 5.36. The normalized spacial score (nSPS) is 25.9. The molecule has 1 aliphatic heterocycles. The highest BCUT2D eigenvalue weighted by Crippen LogP contribution is 2.11. The quantitative estimate of drug-likeness (QED) is 0.802. The van der Waals surface area contributed by atoms with Crippen molar-refractivity contribution in [3.63, 3.8) is 0 Å². The maximum Gasteiger partial charge on any atom is 0.0329 e. The van der Waals surface area contributed by atoms with Gasteiger partial charge < -0.3 is 10.2 Å². The molecule has 0 radical (unpaired) electrons. The Labute approximate surface area is 115 Å². The number of rotatable bonds is 6. The molecule has 1 rings (SSSR count). The van der Waals surface area contributed by atoms with Crippen molar-refractivity contribution in [1.29, 1.82) is 0 Å². The molecule has 1 saturated heterocycles. The number of nitrogens with one attached hydrogen (secondary N) is 1. The van der Waals surface area contributed by atoms with Crippen molar-refractivity contribution in [2.24, 2.45) is 5.92 Å². The molecule has 0 aromatic carbocycles. The lowest BCUT2D eigenvalue weighted by atomic mass is 10.0. The summed E-state index contributed by atoms with van der Waals surface area (Å²) in [6.45, 7) is 11.3. The second kappa shape index (κ2) is 8.28. The van der Waals surface area contributed by atoms with E-state index >= 15 is 0 Å². The standard InChI is InChI=1S/C14H30N2OS/c1-12(2)10-14-11-16(8-5-7-15-14)9-6-13(3)18(4)17/h12-15H,5-11H2,1-4H3. The second-order valence-corrected chi connectivity index (χ2v) is 7.83. The van der Waals surface area contributed by atoms with Crippen LogP contribution in [0, 0.1) is 5.92 Å². The molecule has 1 N–H and O–H groups in total. The topological polar surface area (TPSA) is 32.3 Å². The van der Waals surface area contributed by atoms with Crippen LogP contribution < -0.4 is 5.32 Å². The van der Waals surface area contributed by atoms with E-state index in [2.05, 4.69) is 31.0 Å². The maximum absolute atomic E-state index is 11.4. The molecule has 0 bridgehead atoms. The lowest BCUT2D eigenvalue weighted by Crippen LogP contribution is -2.39. The van der Waals surface area contributed by atoms with Gasteiger partial charge in [0, 0.05) is 34.9 Å². The Morgan fingerprint density at radius 1 is 1.39 bits per heavy atom. The Morgan fingerprint density at radius 3 is 2.72 bits per heavy atom. The van der Waals surface area contributed by atoms with E-state index in [1.165, 1.54) is 19.4 Å². The van der Waals surface area contributed by atoms with Crippen LogP contribution in [0.15, 0.2) is 0 Å². The summed E-state index contributed by atoms with van der Waals surface area (Å²) in [6, 6.07) is 0.634. The van der Waals surface area contributed by atoms with Crippen molar-refractivity contribution in [1.82, 2.24) is 10.2 Å². The Kier molecular flexibility index (Phi) is 7.42. The van der Waals surface area contributed by atoms with E-state index in [9.17, 15) is 4.21 Å². The molecule has 18 heavy (non-hydrogen) atoms. The highest BCUT2D eigenvalue weighted by atomic mass is 32.2. The van der Waals surface area contributed by atoms with Crippen LogP contribution in [0.4, 0.5) is 0 Å². The SMILES string of the molecule is CC(C)CC1CN(CCC(C)S(C)=O)CCCN1. The molecule has 3 unspecified atom stereocenters. The summed E-state index contributed by atoms with van der Waals surface area (Å²) >= 11 is 0. The highest BCUT2D eigenvalue weighted by Gasteiger charge is 2.19. The average Bonchev–Trinajstić information content (AvgIpc) is 2.50. The molecular weight excluding hydrogens is 244 g/mol. The minimum absolute atomic E-state index is 0.324. The summed E-state index contributed by atoms with van der Waals surface area (Å²) in [5, 5.41) is 3.98.